The molecular formula is C10H8N4O. The lowest BCUT2D eigenvalue weighted by molar-refractivity contribution is 0.508. The zero-order chi connectivity index (χ0) is 10.7. The van der Waals surface area contributed by atoms with Crippen LogP contribution in [0.4, 0.5) is 0 Å². The van der Waals surface area contributed by atoms with Crippen LogP contribution in [0.15, 0.2) is 28.7 Å². The molecule has 5 heteroatoms. The molecular weight excluding hydrogens is 192 g/mol. The van der Waals surface area contributed by atoms with E-state index in [9.17, 15) is 0 Å². The van der Waals surface area contributed by atoms with Crippen LogP contribution < -0.4 is 5.73 Å². The van der Waals surface area contributed by atoms with E-state index in [0.717, 1.165) is 5.56 Å². The van der Waals surface area contributed by atoms with Crippen molar-refractivity contribution < 1.29 is 4.42 Å². The molecule has 0 saturated carbocycles. The summed E-state index contributed by atoms with van der Waals surface area (Å²) in [5.41, 5.74) is 6.72. The zero-order valence-corrected chi connectivity index (χ0v) is 7.84. The molecule has 0 aliphatic carbocycles. The summed E-state index contributed by atoms with van der Waals surface area (Å²) in [6.07, 6.45) is 0. The Morgan fingerprint density at radius 3 is 2.53 bits per heavy atom. The van der Waals surface area contributed by atoms with Crippen molar-refractivity contribution in [3.05, 3.63) is 35.7 Å². The summed E-state index contributed by atoms with van der Waals surface area (Å²) in [5.74, 6) is 0.814. The summed E-state index contributed by atoms with van der Waals surface area (Å²) >= 11 is 0. The maximum Gasteiger partial charge on any atom is 0.247 e. The van der Waals surface area contributed by atoms with Gasteiger partial charge >= 0.3 is 0 Å². The van der Waals surface area contributed by atoms with Crippen LogP contribution in [0.5, 0.6) is 0 Å². The molecule has 5 nitrogen and oxygen atoms in total. The van der Waals surface area contributed by atoms with Crippen molar-refractivity contribution >= 4 is 0 Å². The van der Waals surface area contributed by atoms with E-state index in [4.69, 9.17) is 15.4 Å². The molecule has 0 amide bonds. The minimum absolute atomic E-state index is 0.225. The highest BCUT2D eigenvalue weighted by Gasteiger charge is 2.06. The van der Waals surface area contributed by atoms with E-state index in [1.807, 2.05) is 6.07 Å². The van der Waals surface area contributed by atoms with Crippen molar-refractivity contribution in [2.75, 3.05) is 0 Å². The molecule has 0 bridgehead atoms. The minimum Gasteiger partial charge on any atom is -0.419 e. The van der Waals surface area contributed by atoms with Crippen LogP contribution in [0.2, 0.25) is 0 Å². The molecule has 0 saturated heterocycles. The van der Waals surface area contributed by atoms with Gasteiger partial charge in [-0.25, -0.2) is 0 Å². The summed E-state index contributed by atoms with van der Waals surface area (Å²) in [6.45, 7) is 0.225. The fourth-order valence-corrected chi connectivity index (χ4v) is 1.14. The summed E-state index contributed by atoms with van der Waals surface area (Å²) in [5, 5.41) is 16.2. The Balaban J connectivity index is 2.33. The maximum atomic E-state index is 8.62. The molecule has 2 aromatic rings. The quantitative estimate of drug-likeness (QED) is 0.783. The Morgan fingerprint density at radius 2 is 2.00 bits per heavy atom. The van der Waals surface area contributed by atoms with Crippen molar-refractivity contribution in [1.82, 2.24) is 10.2 Å². The Hall–Kier alpha value is -2.19. The third kappa shape index (κ3) is 1.85. The van der Waals surface area contributed by atoms with E-state index in [2.05, 4.69) is 10.2 Å². The van der Waals surface area contributed by atoms with Crippen LogP contribution in [0, 0.1) is 11.3 Å². The number of hydrogen-bond acceptors (Lipinski definition) is 5. The van der Waals surface area contributed by atoms with Crippen LogP contribution >= 0.6 is 0 Å². The Kier molecular flexibility index (Phi) is 2.44. The number of rotatable bonds is 2. The van der Waals surface area contributed by atoms with E-state index in [0.29, 0.717) is 17.3 Å². The van der Waals surface area contributed by atoms with Gasteiger partial charge in [0.1, 0.15) is 0 Å². The van der Waals surface area contributed by atoms with Gasteiger partial charge in [-0.1, -0.05) is 0 Å². The maximum absolute atomic E-state index is 8.62. The second kappa shape index (κ2) is 3.90. The van der Waals surface area contributed by atoms with Gasteiger partial charge in [-0.2, -0.15) is 5.26 Å². The van der Waals surface area contributed by atoms with Crippen molar-refractivity contribution in [2.24, 2.45) is 5.73 Å². The van der Waals surface area contributed by atoms with Crippen LogP contribution in [-0.4, -0.2) is 10.2 Å². The number of benzene rings is 1. The largest absolute Gasteiger partial charge is 0.419 e. The normalized spacial score (nSPS) is 9.87. The van der Waals surface area contributed by atoms with Gasteiger partial charge in [-0.05, 0) is 24.3 Å². The van der Waals surface area contributed by atoms with E-state index in [1.165, 1.54) is 0 Å². The van der Waals surface area contributed by atoms with E-state index in [-0.39, 0.29) is 6.54 Å². The van der Waals surface area contributed by atoms with E-state index >= 15 is 0 Å². The number of aromatic nitrogens is 2. The zero-order valence-electron chi connectivity index (χ0n) is 7.84. The molecule has 0 aliphatic heterocycles. The molecule has 0 fully saturated rings. The van der Waals surface area contributed by atoms with Crippen molar-refractivity contribution in [2.45, 2.75) is 6.54 Å². The molecule has 0 radical (unpaired) electrons. The Bertz CT molecular complexity index is 495. The van der Waals surface area contributed by atoms with Gasteiger partial charge in [0.2, 0.25) is 11.8 Å². The van der Waals surface area contributed by atoms with Gasteiger partial charge in [0.05, 0.1) is 18.2 Å². The number of nitrogens with zero attached hydrogens (tertiary/aromatic N) is 3. The highest BCUT2D eigenvalue weighted by atomic mass is 16.4. The molecule has 0 spiro atoms. The molecule has 74 valence electrons. The molecule has 0 atom stereocenters. The average Bonchev–Trinajstić information content (AvgIpc) is 2.78. The van der Waals surface area contributed by atoms with Gasteiger partial charge in [-0.15, -0.1) is 10.2 Å². The molecule has 1 aromatic heterocycles. The van der Waals surface area contributed by atoms with Gasteiger partial charge in [0.15, 0.2) is 0 Å². The average molecular weight is 200 g/mol. The Labute approximate surface area is 86.2 Å². The second-order valence-electron chi connectivity index (χ2n) is 2.89. The first-order valence-electron chi connectivity index (χ1n) is 4.36. The third-order valence-corrected chi connectivity index (χ3v) is 1.90. The van der Waals surface area contributed by atoms with Crippen molar-refractivity contribution in [3.63, 3.8) is 0 Å². The SMILES string of the molecule is N#Cc1ccc(-c2nnc(CN)o2)cc1. The summed E-state index contributed by atoms with van der Waals surface area (Å²) in [4.78, 5) is 0. The van der Waals surface area contributed by atoms with Crippen molar-refractivity contribution in [1.29, 1.82) is 5.26 Å². The number of hydrogen-bond donors (Lipinski definition) is 1. The first-order valence-corrected chi connectivity index (χ1v) is 4.36. The topological polar surface area (TPSA) is 88.7 Å². The lowest BCUT2D eigenvalue weighted by atomic mass is 10.1. The summed E-state index contributed by atoms with van der Waals surface area (Å²) in [7, 11) is 0. The second-order valence-corrected chi connectivity index (χ2v) is 2.89. The lowest BCUT2D eigenvalue weighted by Gasteiger charge is -1.93. The standard InChI is InChI=1S/C10H8N4O/c11-5-7-1-3-8(4-2-7)10-14-13-9(6-12)15-10/h1-4H,6,12H2. The number of nitrogens with two attached hydrogens (primary N) is 1. The molecule has 2 N–H and O–H groups in total. The van der Waals surface area contributed by atoms with Gasteiger partial charge < -0.3 is 10.2 Å². The predicted octanol–water partition coefficient (Wildman–Crippen LogP) is 1.07. The highest BCUT2D eigenvalue weighted by molar-refractivity contribution is 5.54. The summed E-state index contributed by atoms with van der Waals surface area (Å²) < 4.78 is 5.26. The monoisotopic (exact) mass is 200 g/mol. The molecule has 15 heavy (non-hydrogen) atoms. The lowest BCUT2D eigenvalue weighted by Crippen LogP contribution is -1.95. The van der Waals surface area contributed by atoms with E-state index < -0.39 is 0 Å². The van der Waals surface area contributed by atoms with Gasteiger partial charge in [0.25, 0.3) is 0 Å². The van der Waals surface area contributed by atoms with Crippen LogP contribution in [0.3, 0.4) is 0 Å². The fourth-order valence-electron chi connectivity index (χ4n) is 1.14. The first kappa shape index (κ1) is 9.37. The highest BCUT2D eigenvalue weighted by Crippen LogP contribution is 2.17. The Morgan fingerprint density at radius 1 is 1.27 bits per heavy atom. The molecule has 1 heterocycles. The molecule has 2 rings (SSSR count). The van der Waals surface area contributed by atoms with Crippen molar-refractivity contribution in [3.8, 4) is 17.5 Å². The fraction of sp³-hybridized carbons (Fsp3) is 0.100. The van der Waals surface area contributed by atoms with Crippen LogP contribution in [0.25, 0.3) is 11.5 Å². The smallest absolute Gasteiger partial charge is 0.247 e. The van der Waals surface area contributed by atoms with Gasteiger partial charge in [0, 0.05) is 5.56 Å². The third-order valence-electron chi connectivity index (χ3n) is 1.90. The first-order chi connectivity index (χ1) is 7.33. The minimum atomic E-state index is 0.225. The van der Waals surface area contributed by atoms with Crippen LogP contribution in [-0.2, 0) is 6.54 Å². The molecule has 0 unspecified atom stereocenters. The summed E-state index contributed by atoms with van der Waals surface area (Å²) in [6, 6.07) is 8.94. The van der Waals surface area contributed by atoms with Crippen LogP contribution in [0.1, 0.15) is 11.5 Å². The van der Waals surface area contributed by atoms with E-state index in [1.54, 1.807) is 24.3 Å². The number of nitriles is 1. The van der Waals surface area contributed by atoms with Gasteiger partial charge in [-0.3, -0.25) is 0 Å². The molecule has 1 aromatic carbocycles. The molecule has 0 aliphatic rings. The predicted molar refractivity (Wildman–Crippen MR) is 52.3 cm³/mol.